The van der Waals surface area contributed by atoms with E-state index in [0.717, 1.165) is 34.1 Å². The maximum atomic E-state index is 2.44. The van der Waals surface area contributed by atoms with Gasteiger partial charge in [0.15, 0.2) is 0 Å². The molecule has 12 aromatic rings. The van der Waals surface area contributed by atoms with E-state index in [1.165, 1.54) is 76.5 Å². The van der Waals surface area contributed by atoms with Gasteiger partial charge in [0.05, 0.1) is 0 Å². The van der Waals surface area contributed by atoms with Gasteiger partial charge in [0, 0.05) is 34.1 Å². The molecule has 0 bridgehead atoms. The monoisotopic (exact) mass is 840 g/mol. The third-order valence-electron chi connectivity index (χ3n) is 13.0. The molecule has 0 spiro atoms. The number of hydrogen-bond donors (Lipinski definition) is 0. The van der Waals surface area contributed by atoms with Gasteiger partial charge in [0.25, 0.3) is 0 Å². The highest BCUT2D eigenvalue weighted by Crippen LogP contribution is 2.50. The van der Waals surface area contributed by atoms with Crippen molar-refractivity contribution in [2.45, 2.75) is 0 Å². The molecule has 12 aromatic carbocycles. The molecule has 12 rings (SSSR count). The molecule has 66 heavy (non-hydrogen) atoms. The van der Waals surface area contributed by atoms with Crippen LogP contribution in [0.2, 0.25) is 0 Å². The second kappa shape index (κ2) is 16.8. The van der Waals surface area contributed by atoms with E-state index in [-0.39, 0.29) is 0 Å². The van der Waals surface area contributed by atoms with Crippen molar-refractivity contribution in [2.75, 3.05) is 9.80 Å². The van der Waals surface area contributed by atoms with E-state index in [2.05, 4.69) is 277 Å². The first-order valence-electron chi connectivity index (χ1n) is 22.7. The van der Waals surface area contributed by atoms with E-state index in [1.807, 2.05) is 0 Å². The van der Waals surface area contributed by atoms with E-state index in [4.69, 9.17) is 0 Å². The molecule has 2 nitrogen and oxygen atoms in total. The van der Waals surface area contributed by atoms with Crippen molar-refractivity contribution in [1.82, 2.24) is 0 Å². The zero-order valence-corrected chi connectivity index (χ0v) is 36.3. The van der Waals surface area contributed by atoms with E-state index in [1.54, 1.807) is 0 Å². The van der Waals surface area contributed by atoms with Crippen molar-refractivity contribution < 1.29 is 0 Å². The third-order valence-corrected chi connectivity index (χ3v) is 13.0. The predicted molar refractivity (Wildman–Crippen MR) is 282 cm³/mol. The highest BCUT2D eigenvalue weighted by molar-refractivity contribution is 6.26. The van der Waals surface area contributed by atoms with Gasteiger partial charge >= 0.3 is 0 Å². The number of fused-ring (bicyclic) bond motifs is 4. The third kappa shape index (κ3) is 6.93. The maximum Gasteiger partial charge on any atom is 0.0468 e. The van der Waals surface area contributed by atoms with E-state index in [9.17, 15) is 0 Å². The second-order valence-corrected chi connectivity index (χ2v) is 16.9. The smallest absolute Gasteiger partial charge is 0.0468 e. The van der Waals surface area contributed by atoms with Crippen LogP contribution in [0.5, 0.6) is 0 Å². The lowest BCUT2D eigenvalue weighted by atomic mass is 9.83. The molecule has 0 aliphatic carbocycles. The first kappa shape index (κ1) is 38.9. The Hall–Kier alpha value is -8.72. The van der Waals surface area contributed by atoms with Gasteiger partial charge in [-0.2, -0.15) is 0 Å². The molecular formula is C64H44N2. The molecule has 0 saturated carbocycles. The Balaban J connectivity index is 1.19. The van der Waals surface area contributed by atoms with Crippen molar-refractivity contribution in [1.29, 1.82) is 0 Å². The maximum absolute atomic E-state index is 2.44. The highest BCUT2D eigenvalue weighted by atomic mass is 15.1. The van der Waals surface area contributed by atoms with Crippen LogP contribution in [0.3, 0.4) is 0 Å². The zero-order valence-electron chi connectivity index (χ0n) is 36.3. The van der Waals surface area contributed by atoms with Gasteiger partial charge in [-0.1, -0.05) is 194 Å². The van der Waals surface area contributed by atoms with Crippen molar-refractivity contribution >= 4 is 77.2 Å². The van der Waals surface area contributed by atoms with Gasteiger partial charge in [-0.05, 0) is 149 Å². The minimum absolute atomic E-state index is 1.09. The fourth-order valence-corrected chi connectivity index (χ4v) is 10.0. The predicted octanol–water partition coefficient (Wildman–Crippen LogP) is 18.2. The minimum Gasteiger partial charge on any atom is -0.310 e. The summed E-state index contributed by atoms with van der Waals surface area (Å²) in [6.07, 6.45) is 0. The number of para-hydroxylation sites is 3. The molecule has 0 fully saturated rings. The van der Waals surface area contributed by atoms with Gasteiger partial charge in [-0.3, -0.25) is 0 Å². The lowest BCUT2D eigenvalue weighted by molar-refractivity contribution is 1.29. The summed E-state index contributed by atoms with van der Waals surface area (Å²) in [5.41, 5.74) is 13.8. The summed E-state index contributed by atoms with van der Waals surface area (Å²) in [5, 5.41) is 9.65. The molecule has 0 unspecified atom stereocenters. The van der Waals surface area contributed by atoms with E-state index in [0.29, 0.717) is 0 Å². The molecular weight excluding hydrogens is 797 g/mol. The first-order valence-corrected chi connectivity index (χ1v) is 22.7. The minimum atomic E-state index is 1.09. The van der Waals surface area contributed by atoms with Crippen molar-refractivity contribution in [3.8, 4) is 33.4 Å². The molecule has 0 N–H and O–H groups in total. The lowest BCUT2D eigenvalue weighted by Crippen LogP contribution is -2.10. The van der Waals surface area contributed by atoms with Crippen molar-refractivity contribution in [3.05, 3.63) is 267 Å². The van der Waals surface area contributed by atoms with Crippen LogP contribution in [-0.2, 0) is 0 Å². The summed E-state index contributed by atoms with van der Waals surface area (Å²) in [4.78, 5) is 4.77. The number of hydrogen-bond acceptors (Lipinski definition) is 2. The quantitative estimate of drug-likeness (QED) is 0.134. The van der Waals surface area contributed by atoms with Crippen LogP contribution in [0, 0.1) is 0 Å². The molecule has 0 aliphatic heterocycles. The topological polar surface area (TPSA) is 6.48 Å². The Morgan fingerprint density at radius 1 is 0.197 bits per heavy atom. The average molecular weight is 841 g/mol. The van der Waals surface area contributed by atoms with E-state index >= 15 is 0 Å². The van der Waals surface area contributed by atoms with Crippen molar-refractivity contribution in [3.63, 3.8) is 0 Å². The zero-order chi connectivity index (χ0) is 43.8. The van der Waals surface area contributed by atoms with Crippen LogP contribution < -0.4 is 9.80 Å². The molecule has 0 saturated heterocycles. The largest absolute Gasteiger partial charge is 0.310 e. The standard InChI is InChI=1S/C64H44N2/c1-5-19-45(20-6-1)46-35-37-52(38-36-46)66(51-29-11-4-12-30-51)54-40-42-60-62(44-54)64(58-34-18-24-48-22-14-16-32-56(48)58)59-41-39-53(65(49-25-7-2-8-26-49)50-27-9-3-10-28-50)43-61(59)63(60)57-33-17-23-47-21-13-15-31-55(47)57/h1-44H. The van der Waals surface area contributed by atoms with Crippen molar-refractivity contribution in [2.24, 2.45) is 0 Å². The fraction of sp³-hybridized carbons (Fsp3) is 0. The Morgan fingerprint density at radius 2 is 0.530 bits per heavy atom. The SMILES string of the molecule is c1ccc(-c2ccc(N(c3ccccc3)c3ccc4c(-c5cccc6ccccc56)c5cc(N(c6ccccc6)c6ccccc6)ccc5c(-c5cccc6ccccc56)c4c3)cc2)cc1. The first-order chi connectivity index (χ1) is 32.8. The highest BCUT2D eigenvalue weighted by Gasteiger charge is 2.23. The number of benzene rings is 12. The van der Waals surface area contributed by atoms with Gasteiger partial charge in [-0.25, -0.2) is 0 Å². The number of anilines is 6. The van der Waals surface area contributed by atoms with Crippen LogP contribution in [0.25, 0.3) is 76.5 Å². The summed E-state index contributed by atoms with van der Waals surface area (Å²) in [7, 11) is 0. The molecule has 0 atom stereocenters. The molecule has 0 aliphatic rings. The summed E-state index contributed by atoms with van der Waals surface area (Å²) >= 11 is 0. The van der Waals surface area contributed by atoms with Gasteiger partial charge < -0.3 is 9.80 Å². The summed E-state index contributed by atoms with van der Waals surface area (Å²) < 4.78 is 0. The molecule has 0 aromatic heterocycles. The Morgan fingerprint density at radius 3 is 0.970 bits per heavy atom. The fourth-order valence-electron chi connectivity index (χ4n) is 10.0. The number of rotatable bonds is 9. The van der Waals surface area contributed by atoms with Crippen LogP contribution in [0.4, 0.5) is 34.1 Å². The molecule has 2 heteroatoms. The molecule has 0 heterocycles. The van der Waals surface area contributed by atoms with Crippen LogP contribution in [0.15, 0.2) is 267 Å². The number of nitrogens with zero attached hydrogens (tertiary/aromatic N) is 2. The summed E-state index contributed by atoms with van der Waals surface area (Å²) in [6.45, 7) is 0. The summed E-state index contributed by atoms with van der Waals surface area (Å²) in [5.74, 6) is 0. The Labute approximate surface area is 385 Å². The Bertz CT molecular complexity index is 3630. The molecule has 0 radical (unpaired) electrons. The summed E-state index contributed by atoms with van der Waals surface area (Å²) in [6, 6.07) is 97.1. The van der Waals surface area contributed by atoms with Crippen LogP contribution in [0.1, 0.15) is 0 Å². The normalized spacial score (nSPS) is 11.3. The van der Waals surface area contributed by atoms with Crippen LogP contribution >= 0.6 is 0 Å². The van der Waals surface area contributed by atoms with Crippen LogP contribution in [-0.4, -0.2) is 0 Å². The van der Waals surface area contributed by atoms with Gasteiger partial charge in [0.1, 0.15) is 0 Å². The molecule has 310 valence electrons. The second-order valence-electron chi connectivity index (χ2n) is 16.9. The van der Waals surface area contributed by atoms with Gasteiger partial charge in [0.2, 0.25) is 0 Å². The molecule has 0 amide bonds. The van der Waals surface area contributed by atoms with E-state index < -0.39 is 0 Å². The lowest BCUT2D eigenvalue weighted by Gasteiger charge is -2.28. The van der Waals surface area contributed by atoms with Gasteiger partial charge in [-0.15, -0.1) is 0 Å². The Kier molecular flexibility index (Phi) is 9.89. The average Bonchev–Trinajstić information content (AvgIpc) is 3.39.